The molecule has 8 nitrogen and oxygen atoms in total. The first kappa shape index (κ1) is 20.1. The van der Waals surface area contributed by atoms with Crippen LogP contribution >= 0.6 is 0 Å². The van der Waals surface area contributed by atoms with E-state index in [1.807, 2.05) is 0 Å². The highest BCUT2D eigenvalue weighted by molar-refractivity contribution is 6.20. The van der Waals surface area contributed by atoms with Gasteiger partial charge >= 0.3 is 17.6 Å². The molecule has 0 saturated carbocycles. The number of esters is 2. The van der Waals surface area contributed by atoms with Gasteiger partial charge < -0.3 is 18.3 Å². The van der Waals surface area contributed by atoms with Gasteiger partial charge in [0.05, 0.1) is 19.7 Å². The number of aryl methyl sites for hydroxylation is 1. The molecule has 0 N–H and O–H groups in total. The van der Waals surface area contributed by atoms with Crippen LogP contribution in [0.5, 0.6) is 0 Å². The molecule has 0 unspecified atom stereocenters. The van der Waals surface area contributed by atoms with E-state index >= 15 is 0 Å². The van der Waals surface area contributed by atoms with Crippen molar-refractivity contribution in [2.75, 3.05) is 14.2 Å². The summed E-state index contributed by atoms with van der Waals surface area (Å²) in [4.78, 5) is 51.3. The van der Waals surface area contributed by atoms with Crippen molar-refractivity contribution in [3.63, 3.8) is 0 Å². The zero-order valence-corrected chi connectivity index (χ0v) is 16.9. The number of carbonyl (C=O) groups is 3. The maximum absolute atomic E-state index is 13.5. The van der Waals surface area contributed by atoms with E-state index in [-0.39, 0.29) is 27.9 Å². The van der Waals surface area contributed by atoms with E-state index in [0.717, 1.165) is 12.7 Å². The van der Waals surface area contributed by atoms with Gasteiger partial charge in [-0.25, -0.2) is 14.4 Å². The van der Waals surface area contributed by atoms with Crippen LogP contribution < -0.4 is 5.63 Å². The molecule has 4 aromatic rings. The average Bonchev–Trinajstić information content (AvgIpc) is 3.11. The molecule has 0 bridgehead atoms. The molecular formula is C23H17NO7. The third-order valence-electron chi connectivity index (χ3n) is 4.97. The molecule has 156 valence electrons. The number of ether oxygens (including phenoxy) is 2. The molecule has 0 amide bonds. The van der Waals surface area contributed by atoms with E-state index in [2.05, 4.69) is 0 Å². The van der Waals surface area contributed by atoms with E-state index in [0.29, 0.717) is 11.0 Å². The van der Waals surface area contributed by atoms with Crippen molar-refractivity contribution in [2.24, 2.45) is 0 Å². The summed E-state index contributed by atoms with van der Waals surface area (Å²) >= 11 is 0. The summed E-state index contributed by atoms with van der Waals surface area (Å²) in [6.45, 7) is 1.80. The number of fused-ring (bicyclic) bond motifs is 2. The summed E-state index contributed by atoms with van der Waals surface area (Å²) in [5, 5.41) is 0.537. The Labute approximate surface area is 175 Å². The lowest BCUT2D eigenvalue weighted by molar-refractivity contribution is 0.0556. The van der Waals surface area contributed by atoms with Crippen LogP contribution in [0.1, 0.15) is 42.3 Å². The molecule has 0 saturated heterocycles. The Hall–Kier alpha value is -4.20. The number of hydrogen-bond donors (Lipinski definition) is 0. The molecule has 0 atom stereocenters. The minimum absolute atomic E-state index is 0.119. The number of carbonyl (C=O) groups excluding carboxylic acids is 3. The molecule has 0 spiro atoms. The molecule has 3 aromatic heterocycles. The van der Waals surface area contributed by atoms with Gasteiger partial charge in [0.1, 0.15) is 28.0 Å². The number of hydrogen-bond acceptors (Lipinski definition) is 7. The Balaban J connectivity index is 2.09. The molecule has 0 aliphatic carbocycles. The van der Waals surface area contributed by atoms with Crippen LogP contribution in [0.3, 0.4) is 0 Å². The number of para-hydroxylation sites is 1. The molecule has 1 aromatic carbocycles. The van der Waals surface area contributed by atoms with E-state index in [9.17, 15) is 19.2 Å². The van der Waals surface area contributed by atoms with Gasteiger partial charge in [0.15, 0.2) is 0 Å². The Kier molecular flexibility index (Phi) is 4.90. The third kappa shape index (κ3) is 3.18. The highest BCUT2D eigenvalue weighted by Gasteiger charge is 2.34. The Morgan fingerprint density at radius 3 is 2.32 bits per heavy atom. The quantitative estimate of drug-likeness (QED) is 0.284. The Bertz CT molecular complexity index is 1440. The molecule has 0 fully saturated rings. The van der Waals surface area contributed by atoms with Crippen molar-refractivity contribution in [2.45, 2.75) is 6.92 Å². The van der Waals surface area contributed by atoms with Gasteiger partial charge in [0.2, 0.25) is 5.78 Å². The van der Waals surface area contributed by atoms with E-state index in [4.69, 9.17) is 13.9 Å². The second-order valence-corrected chi connectivity index (χ2v) is 6.86. The van der Waals surface area contributed by atoms with Crippen LogP contribution in [-0.4, -0.2) is 36.3 Å². The molecular weight excluding hydrogens is 402 g/mol. The number of rotatable bonds is 4. The van der Waals surface area contributed by atoms with Gasteiger partial charge in [0, 0.05) is 11.6 Å². The minimum atomic E-state index is -0.907. The Morgan fingerprint density at radius 2 is 1.61 bits per heavy atom. The fourth-order valence-electron chi connectivity index (χ4n) is 3.54. The number of ketones is 1. The highest BCUT2D eigenvalue weighted by atomic mass is 16.5. The van der Waals surface area contributed by atoms with Crippen LogP contribution in [0.2, 0.25) is 0 Å². The molecule has 3 heterocycles. The highest BCUT2D eigenvalue weighted by Crippen LogP contribution is 2.28. The van der Waals surface area contributed by atoms with E-state index in [1.54, 1.807) is 49.5 Å². The standard InChI is InChI=1S/C23H17NO7/c1-12-8-9-24-15(10-12)17(22(27)29-2)18(23(28)30-3)19(24)20(25)14-11-13-6-4-5-7-16(13)31-21(14)26/h4-11H,1-3H3. The smallest absolute Gasteiger partial charge is 0.347 e. The summed E-state index contributed by atoms with van der Waals surface area (Å²) < 4.78 is 16.3. The van der Waals surface area contributed by atoms with Crippen molar-refractivity contribution in [3.8, 4) is 0 Å². The molecule has 0 aliphatic heterocycles. The fourth-order valence-corrected chi connectivity index (χ4v) is 3.54. The maximum Gasteiger partial charge on any atom is 0.347 e. The zero-order valence-electron chi connectivity index (χ0n) is 16.9. The van der Waals surface area contributed by atoms with E-state index in [1.165, 1.54) is 17.6 Å². The topological polar surface area (TPSA) is 104 Å². The first-order chi connectivity index (χ1) is 14.9. The molecule has 4 rings (SSSR count). The van der Waals surface area contributed by atoms with Gasteiger partial charge in [-0.1, -0.05) is 18.2 Å². The van der Waals surface area contributed by atoms with E-state index < -0.39 is 23.3 Å². The lowest BCUT2D eigenvalue weighted by Crippen LogP contribution is -2.20. The van der Waals surface area contributed by atoms with Crippen LogP contribution in [0.4, 0.5) is 0 Å². The van der Waals surface area contributed by atoms with Gasteiger partial charge in [-0.3, -0.25) is 4.79 Å². The summed E-state index contributed by atoms with van der Waals surface area (Å²) in [5.74, 6) is -2.50. The van der Waals surface area contributed by atoms with Crippen LogP contribution in [0.15, 0.2) is 57.9 Å². The predicted molar refractivity (Wildman–Crippen MR) is 111 cm³/mol. The SMILES string of the molecule is COC(=O)c1c(C(=O)OC)c2cc(C)ccn2c1C(=O)c1cc2ccccc2oc1=O. The van der Waals surface area contributed by atoms with Crippen molar-refractivity contribution in [1.82, 2.24) is 4.40 Å². The van der Waals surface area contributed by atoms with Crippen molar-refractivity contribution < 1.29 is 28.3 Å². The summed E-state index contributed by atoms with van der Waals surface area (Å²) in [6.07, 6.45) is 1.54. The summed E-state index contributed by atoms with van der Waals surface area (Å²) in [7, 11) is 2.30. The summed E-state index contributed by atoms with van der Waals surface area (Å²) in [5.41, 5.74) is -0.338. The lowest BCUT2D eigenvalue weighted by Gasteiger charge is -2.06. The van der Waals surface area contributed by atoms with Gasteiger partial charge in [0.25, 0.3) is 0 Å². The number of pyridine rings is 1. The summed E-state index contributed by atoms with van der Waals surface area (Å²) in [6, 6.07) is 11.5. The zero-order chi connectivity index (χ0) is 22.3. The number of methoxy groups -OCH3 is 2. The molecule has 0 radical (unpaired) electrons. The monoisotopic (exact) mass is 419 g/mol. The first-order valence-electron chi connectivity index (χ1n) is 9.26. The molecule has 31 heavy (non-hydrogen) atoms. The Morgan fingerprint density at radius 1 is 0.935 bits per heavy atom. The number of nitrogens with zero attached hydrogens (tertiary/aromatic N) is 1. The third-order valence-corrected chi connectivity index (χ3v) is 4.97. The number of benzene rings is 1. The van der Waals surface area contributed by atoms with Gasteiger partial charge in [-0.2, -0.15) is 0 Å². The van der Waals surface area contributed by atoms with Gasteiger partial charge in [-0.05, 0) is 36.8 Å². The maximum atomic E-state index is 13.5. The predicted octanol–water partition coefficient (Wildman–Crippen LogP) is 3.16. The minimum Gasteiger partial charge on any atom is -0.465 e. The molecule has 0 aliphatic rings. The lowest BCUT2D eigenvalue weighted by atomic mass is 10.0. The second-order valence-electron chi connectivity index (χ2n) is 6.86. The van der Waals surface area contributed by atoms with Crippen LogP contribution in [-0.2, 0) is 9.47 Å². The normalized spacial score (nSPS) is 10.9. The largest absolute Gasteiger partial charge is 0.465 e. The van der Waals surface area contributed by atoms with Gasteiger partial charge in [-0.15, -0.1) is 0 Å². The average molecular weight is 419 g/mol. The van der Waals surface area contributed by atoms with Crippen molar-refractivity contribution in [1.29, 1.82) is 0 Å². The number of aromatic nitrogens is 1. The van der Waals surface area contributed by atoms with Crippen molar-refractivity contribution in [3.05, 3.63) is 87.0 Å². The first-order valence-corrected chi connectivity index (χ1v) is 9.26. The van der Waals surface area contributed by atoms with Crippen LogP contribution in [0.25, 0.3) is 16.5 Å². The van der Waals surface area contributed by atoms with Crippen LogP contribution in [0, 0.1) is 6.92 Å². The molecule has 8 heteroatoms. The fraction of sp³-hybridized carbons (Fsp3) is 0.130. The van der Waals surface area contributed by atoms with Crippen molar-refractivity contribution >= 4 is 34.2 Å². The second kappa shape index (κ2) is 7.56.